The number of nitrogens with one attached hydrogen (secondary N) is 2. The molecule has 15 nitrogen and oxygen atoms in total. The molecule has 2 aromatic heterocycles. The summed E-state index contributed by atoms with van der Waals surface area (Å²) in [7, 11) is 5.49. The van der Waals surface area contributed by atoms with Gasteiger partial charge in [0.2, 0.25) is 11.8 Å². The lowest BCUT2D eigenvalue weighted by Gasteiger charge is -2.37. The number of rotatable bonds is 10. The number of halogens is 2. The van der Waals surface area contributed by atoms with Crippen LogP contribution in [0.5, 0.6) is 0 Å². The molecule has 4 amide bonds. The normalized spacial score (nSPS) is 20.5. The topological polar surface area (TPSA) is 159 Å². The zero-order valence-electron chi connectivity index (χ0n) is 42.6. The summed E-state index contributed by atoms with van der Waals surface area (Å²) in [4.78, 5) is 78.2. The molecule has 2 fully saturated rings. The molecule has 0 saturated carbocycles. The van der Waals surface area contributed by atoms with E-state index in [1.807, 2.05) is 43.2 Å². The molecule has 6 bridgehead atoms. The predicted octanol–water partition coefficient (Wildman–Crippen LogP) is 6.24. The second-order valence-corrected chi connectivity index (χ2v) is 20.4. The lowest BCUT2D eigenvalue weighted by atomic mass is 9.84. The number of aromatic nitrogens is 2. The summed E-state index contributed by atoms with van der Waals surface area (Å²) in [6.45, 7) is 13.0. The van der Waals surface area contributed by atoms with Gasteiger partial charge in [-0.2, -0.15) is 8.78 Å². The van der Waals surface area contributed by atoms with E-state index in [0.717, 1.165) is 64.2 Å². The molecule has 17 heteroatoms. The molecular weight excluding hydrogens is 911 g/mol. The van der Waals surface area contributed by atoms with Crippen LogP contribution in [0.25, 0.3) is 33.3 Å². The first-order valence-electron chi connectivity index (χ1n) is 24.6. The molecule has 3 aliphatic rings. The van der Waals surface area contributed by atoms with E-state index in [9.17, 15) is 32.8 Å². The molecular formula is C54H68F2N8O7. The van der Waals surface area contributed by atoms with E-state index in [1.165, 1.54) is 21.9 Å². The number of fused-ring (bicyclic) bond motifs is 6. The average Bonchev–Trinajstić information content (AvgIpc) is 3.96. The van der Waals surface area contributed by atoms with Crippen molar-refractivity contribution in [1.82, 2.24) is 40.0 Å². The van der Waals surface area contributed by atoms with Crippen molar-refractivity contribution in [3.8, 4) is 34.2 Å². The van der Waals surface area contributed by atoms with Gasteiger partial charge in [-0.1, -0.05) is 58.0 Å². The minimum Gasteiger partial charge on any atom is -0.464 e. The predicted molar refractivity (Wildman–Crippen MR) is 266 cm³/mol. The summed E-state index contributed by atoms with van der Waals surface area (Å²) in [5.41, 5.74) is 10.2. The number of carbonyl (C=O) groups excluding carboxylic acids is 5. The Bertz CT molecular complexity index is 2730. The lowest BCUT2D eigenvalue weighted by Crippen LogP contribution is -2.62. The number of ether oxygens (including phenoxy) is 2. The maximum absolute atomic E-state index is 14.8. The number of likely N-dealkylation sites (tertiary alicyclic amines) is 1. The average molecular weight is 979 g/mol. The largest absolute Gasteiger partial charge is 0.464 e. The molecule has 4 aromatic rings. The van der Waals surface area contributed by atoms with Gasteiger partial charge in [0.1, 0.15) is 18.1 Å². The SMILES string of the molecule is CCn1c(-c2cccnc2[C@H](C)OC)c2c3cc(ccc31)-c1cccc(c1)C[C@H](NC(=O)[C@H](C(C)C)N(C)C(=O)[C@H]1CCN(C(=O)C#CC(F)(F)N(C)C)C1)C(=O)N1CCC[C@H](N1)C(=O)OCC(C)(C)C2. The molecule has 3 aliphatic heterocycles. The second-order valence-electron chi connectivity index (χ2n) is 20.4. The Balaban J connectivity index is 1.23. The number of hydrazine groups is 1. The summed E-state index contributed by atoms with van der Waals surface area (Å²) in [5, 5.41) is 5.45. The molecule has 71 heavy (non-hydrogen) atoms. The van der Waals surface area contributed by atoms with Gasteiger partial charge in [0, 0.05) is 80.8 Å². The summed E-state index contributed by atoms with van der Waals surface area (Å²) in [6, 6.07) is 11.8. The van der Waals surface area contributed by atoms with Gasteiger partial charge in [0.15, 0.2) is 0 Å². The number of alkyl halides is 2. The molecule has 5 atom stereocenters. The van der Waals surface area contributed by atoms with Gasteiger partial charge >= 0.3 is 12.0 Å². The van der Waals surface area contributed by atoms with Crippen molar-refractivity contribution >= 4 is 40.5 Å². The highest BCUT2D eigenvalue weighted by molar-refractivity contribution is 5.97. The lowest BCUT2D eigenvalue weighted by molar-refractivity contribution is -0.155. The first kappa shape index (κ1) is 52.6. The number of hydrogen-bond donors (Lipinski definition) is 2. The standard InChI is InChI=1S/C54H68F2N8O7/c1-11-63-44-20-19-37-29-40(44)41(48(63)39-17-13-24-57-46(39)34(4)70-10)30-53(5,6)32-71-52(69)42-18-14-25-64(59-42)51(68)43(28-35-15-12-16-36(37)27-35)58-49(66)47(33(2)3)61(9)50(67)38-22-26-62(31-38)45(65)21-23-54(55,56)60(7)8/h12-13,15-17,19-20,24,27,29,33-34,38,42-43,47,59H,11,14,18,22,25-26,28,30-32H2,1-10H3,(H,58,66)/t34-,38-,42-,43-,47-/m0/s1. The van der Waals surface area contributed by atoms with Crippen LogP contribution in [0.15, 0.2) is 60.8 Å². The second kappa shape index (κ2) is 21.6. The van der Waals surface area contributed by atoms with Crippen molar-refractivity contribution in [3.05, 3.63) is 77.6 Å². The zero-order valence-corrected chi connectivity index (χ0v) is 42.6. The van der Waals surface area contributed by atoms with Gasteiger partial charge in [-0.3, -0.25) is 34.0 Å². The van der Waals surface area contributed by atoms with Crippen LogP contribution in [0.4, 0.5) is 8.78 Å². The van der Waals surface area contributed by atoms with Crippen molar-refractivity contribution in [1.29, 1.82) is 0 Å². The molecule has 2 aromatic carbocycles. The number of pyridine rings is 1. The molecule has 380 valence electrons. The molecule has 7 rings (SSSR count). The van der Waals surface area contributed by atoms with Gasteiger partial charge in [-0.15, -0.1) is 0 Å². The number of amides is 4. The van der Waals surface area contributed by atoms with Crippen molar-refractivity contribution in [2.75, 3.05) is 54.5 Å². The van der Waals surface area contributed by atoms with Crippen LogP contribution in [0.1, 0.15) is 83.7 Å². The van der Waals surface area contributed by atoms with Crippen LogP contribution in [0.3, 0.4) is 0 Å². The monoisotopic (exact) mass is 979 g/mol. The Morgan fingerprint density at radius 2 is 1.77 bits per heavy atom. The fraction of sp³-hybridized carbons (Fsp3) is 0.519. The van der Waals surface area contributed by atoms with E-state index in [1.54, 1.807) is 33.1 Å². The Labute approximate surface area is 415 Å². The minimum absolute atomic E-state index is 0.0468. The van der Waals surface area contributed by atoms with Crippen LogP contribution in [-0.2, 0) is 52.8 Å². The van der Waals surface area contributed by atoms with Crippen LogP contribution in [-0.4, -0.2) is 138 Å². The van der Waals surface area contributed by atoms with Crippen molar-refractivity contribution in [3.63, 3.8) is 0 Å². The highest BCUT2D eigenvalue weighted by atomic mass is 19.3. The number of esters is 1. The number of hydrogen-bond acceptors (Lipinski definition) is 10. The van der Waals surface area contributed by atoms with Gasteiger partial charge < -0.3 is 29.2 Å². The third-order valence-electron chi connectivity index (χ3n) is 14.0. The number of benzene rings is 2. The number of methoxy groups -OCH3 is 1. The molecule has 0 unspecified atom stereocenters. The Kier molecular flexibility index (Phi) is 16.0. The van der Waals surface area contributed by atoms with E-state index >= 15 is 0 Å². The Morgan fingerprint density at radius 3 is 2.48 bits per heavy atom. The minimum atomic E-state index is -3.51. The van der Waals surface area contributed by atoms with Gasteiger partial charge in [-0.05, 0) is 112 Å². The van der Waals surface area contributed by atoms with Gasteiger partial charge in [-0.25, -0.2) is 10.3 Å². The summed E-state index contributed by atoms with van der Waals surface area (Å²) < 4.78 is 42.4. The van der Waals surface area contributed by atoms with Gasteiger partial charge in [0.25, 0.3) is 11.8 Å². The number of nitrogens with zero attached hydrogens (tertiary/aromatic N) is 6. The van der Waals surface area contributed by atoms with Crippen LogP contribution < -0.4 is 10.7 Å². The zero-order chi connectivity index (χ0) is 51.5. The molecule has 0 aliphatic carbocycles. The van der Waals surface area contributed by atoms with Crippen molar-refractivity contribution < 1.29 is 42.2 Å². The number of aryl methyl sites for hydroxylation is 1. The fourth-order valence-electron chi connectivity index (χ4n) is 10.1. The molecule has 5 heterocycles. The van der Waals surface area contributed by atoms with Crippen LogP contribution in [0, 0.1) is 29.1 Å². The first-order valence-corrected chi connectivity index (χ1v) is 24.6. The third-order valence-corrected chi connectivity index (χ3v) is 14.0. The molecule has 0 radical (unpaired) electrons. The highest BCUT2D eigenvalue weighted by Gasteiger charge is 2.41. The first-order chi connectivity index (χ1) is 33.6. The van der Waals surface area contributed by atoms with Gasteiger partial charge in [0.05, 0.1) is 30.0 Å². The molecule has 2 N–H and O–H groups in total. The fourth-order valence-corrected chi connectivity index (χ4v) is 10.1. The van der Waals surface area contributed by atoms with Crippen LogP contribution >= 0.6 is 0 Å². The summed E-state index contributed by atoms with van der Waals surface area (Å²) >= 11 is 0. The van der Waals surface area contributed by atoms with E-state index in [2.05, 4.69) is 60.3 Å². The Hall–Kier alpha value is -6.22. The quantitative estimate of drug-likeness (QED) is 0.106. The van der Waals surface area contributed by atoms with E-state index in [4.69, 9.17) is 14.5 Å². The smallest absolute Gasteiger partial charge is 0.369 e. The Morgan fingerprint density at radius 1 is 1.03 bits per heavy atom. The maximum Gasteiger partial charge on any atom is 0.369 e. The highest BCUT2D eigenvalue weighted by Crippen LogP contribution is 2.42. The summed E-state index contributed by atoms with van der Waals surface area (Å²) in [5.74, 6) is -0.110. The number of likely N-dealkylation sites (N-methyl/N-ethyl adjacent to an activating group) is 1. The molecule has 0 spiro atoms. The maximum atomic E-state index is 14.8. The number of cyclic esters (lactones) is 1. The third kappa shape index (κ3) is 11.5. The van der Waals surface area contributed by atoms with Crippen molar-refractivity contribution in [2.45, 2.75) is 110 Å². The van der Waals surface area contributed by atoms with Crippen molar-refractivity contribution in [2.24, 2.45) is 17.3 Å². The number of carbonyl (C=O) groups is 5. The van der Waals surface area contributed by atoms with E-state index in [-0.39, 0.29) is 45.2 Å². The van der Waals surface area contributed by atoms with E-state index in [0.29, 0.717) is 30.7 Å². The van der Waals surface area contributed by atoms with E-state index < -0.39 is 71.0 Å². The van der Waals surface area contributed by atoms with Crippen LogP contribution in [0.2, 0.25) is 0 Å². The molecule has 2 saturated heterocycles. The summed E-state index contributed by atoms with van der Waals surface area (Å²) in [6.07, 6.45) is 3.34.